The van der Waals surface area contributed by atoms with Crippen molar-refractivity contribution < 1.29 is 4.74 Å². The molecular formula is C17H17IN2O. The van der Waals surface area contributed by atoms with Gasteiger partial charge in [-0.05, 0) is 58.5 Å². The average Bonchev–Trinajstić information content (AvgIpc) is 2.46. The first-order chi connectivity index (χ1) is 10.1. The molecule has 0 fully saturated rings. The smallest absolute Gasteiger partial charge is 0.145 e. The van der Waals surface area contributed by atoms with Crippen molar-refractivity contribution in [3.63, 3.8) is 0 Å². The molecule has 0 aliphatic heterocycles. The van der Waals surface area contributed by atoms with Crippen LogP contribution in [0.15, 0.2) is 42.5 Å². The summed E-state index contributed by atoms with van der Waals surface area (Å²) in [5.74, 6) is 1.33. The van der Waals surface area contributed by atoms with Crippen molar-refractivity contribution in [2.24, 2.45) is 0 Å². The zero-order chi connectivity index (χ0) is 15.2. The number of nitrogens with zero attached hydrogens (tertiary/aromatic N) is 1. The van der Waals surface area contributed by atoms with E-state index in [1.165, 1.54) is 0 Å². The molecule has 0 bridgehead atoms. The molecule has 0 saturated heterocycles. The summed E-state index contributed by atoms with van der Waals surface area (Å²) < 4.78 is 6.91. The lowest BCUT2D eigenvalue weighted by atomic mass is 10.1. The number of ether oxygens (including phenoxy) is 1. The highest BCUT2D eigenvalue weighted by Crippen LogP contribution is 2.26. The average molecular weight is 392 g/mol. The molecule has 4 heteroatoms. The van der Waals surface area contributed by atoms with Crippen molar-refractivity contribution in [3.05, 3.63) is 57.2 Å². The summed E-state index contributed by atoms with van der Waals surface area (Å²) in [7, 11) is 0. The van der Waals surface area contributed by atoms with E-state index in [1.807, 2.05) is 42.5 Å². The maximum atomic E-state index is 9.30. The van der Waals surface area contributed by atoms with Crippen LogP contribution in [0, 0.1) is 14.9 Å². The van der Waals surface area contributed by atoms with Crippen LogP contribution < -0.4 is 10.1 Å². The molecule has 0 unspecified atom stereocenters. The molecule has 0 saturated carbocycles. The highest BCUT2D eigenvalue weighted by molar-refractivity contribution is 14.1. The van der Waals surface area contributed by atoms with Gasteiger partial charge >= 0.3 is 0 Å². The van der Waals surface area contributed by atoms with Crippen molar-refractivity contribution in [1.29, 1.82) is 5.26 Å². The van der Waals surface area contributed by atoms with Crippen LogP contribution in [-0.4, -0.2) is 6.04 Å². The van der Waals surface area contributed by atoms with Crippen LogP contribution >= 0.6 is 22.6 Å². The first-order valence-electron chi connectivity index (χ1n) is 6.78. The van der Waals surface area contributed by atoms with Gasteiger partial charge in [-0.3, -0.25) is 0 Å². The molecule has 2 aromatic carbocycles. The Balaban J connectivity index is 2.18. The van der Waals surface area contributed by atoms with E-state index in [0.717, 1.165) is 21.4 Å². The molecule has 2 rings (SSSR count). The third-order valence-corrected chi connectivity index (χ3v) is 3.57. The Morgan fingerprint density at radius 2 is 2.05 bits per heavy atom. The van der Waals surface area contributed by atoms with Crippen LogP contribution in [0.1, 0.15) is 25.0 Å². The Morgan fingerprint density at radius 3 is 2.71 bits per heavy atom. The minimum Gasteiger partial charge on any atom is -0.456 e. The summed E-state index contributed by atoms with van der Waals surface area (Å²) in [6, 6.07) is 16.1. The monoisotopic (exact) mass is 392 g/mol. The second-order valence-electron chi connectivity index (χ2n) is 5.04. The van der Waals surface area contributed by atoms with E-state index < -0.39 is 0 Å². The molecule has 0 spiro atoms. The van der Waals surface area contributed by atoms with Crippen LogP contribution in [0.5, 0.6) is 11.5 Å². The van der Waals surface area contributed by atoms with Gasteiger partial charge in [0.1, 0.15) is 17.6 Å². The van der Waals surface area contributed by atoms with Crippen LogP contribution in [0.4, 0.5) is 0 Å². The number of nitriles is 1. The minimum absolute atomic E-state index is 0.415. The Labute approximate surface area is 139 Å². The van der Waals surface area contributed by atoms with E-state index in [-0.39, 0.29) is 0 Å². The highest BCUT2D eigenvalue weighted by atomic mass is 127. The molecule has 2 aromatic rings. The number of rotatable bonds is 5. The summed E-state index contributed by atoms with van der Waals surface area (Å²) in [4.78, 5) is 0. The number of benzene rings is 2. The topological polar surface area (TPSA) is 45.0 Å². The SMILES string of the molecule is CC(C)NCc1ccc(Oc2cccc(I)c2)c(C#N)c1. The van der Waals surface area contributed by atoms with E-state index >= 15 is 0 Å². The van der Waals surface area contributed by atoms with Crippen molar-refractivity contribution in [2.45, 2.75) is 26.4 Å². The van der Waals surface area contributed by atoms with Gasteiger partial charge in [-0.25, -0.2) is 0 Å². The number of hydrogen-bond donors (Lipinski definition) is 1. The lowest BCUT2D eigenvalue weighted by molar-refractivity contribution is 0.480. The normalized spacial score (nSPS) is 10.4. The minimum atomic E-state index is 0.415. The predicted octanol–water partition coefficient (Wildman–Crippen LogP) is 4.45. The van der Waals surface area contributed by atoms with Crippen LogP contribution in [-0.2, 0) is 6.54 Å². The van der Waals surface area contributed by atoms with Gasteiger partial charge in [-0.2, -0.15) is 5.26 Å². The van der Waals surface area contributed by atoms with Crippen LogP contribution in [0.25, 0.3) is 0 Å². The Morgan fingerprint density at radius 1 is 1.24 bits per heavy atom. The van der Waals surface area contributed by atoms with Crippen molar-refractivity contribution in [3.8, 4) is 17.6 Å². The summed E-state index contributed by atoms with van der Waals surface area (Å²) in [5.41, 5.74) is 1.63. The van der Waals surface area contributed by atoms with Crippen LogP contribution in [0.2, 0.25) is 0 Å². The van der Waals surface area contributed by atoms with E-state index in [1.54, 1.807) is 0 Å². The van der Waals surface area contributed by atoms with Crippen molar-refractivity contribution in [1.82, 2.24) is 5.32 Å². The predicted molar refractivity (Wildman–Crippen MR) is 92.4 cm³/mol. The number of nitrogens with one attached hydrogen (secondary N) is 1. The Kier molecular flexibility index (Phi) is 5.59. The lowest BCUT2D eigenvalue weighted by Gasteiger charge is -2.11. The quantitative estimate of drug-likeness (QED) is 0.765. The molecule has 108 valence electrons. The third-order valence-electron chi connectivity index (χ3n) is 2.90. The molecule has 1 N–H and O–H groups in total. The maximum Gasteiger partial charge on any atom is 0.145 e. The molecule has 0 amide bonds. The van der Waals surface area contributed by atoms with Gasteiger partial charge in [0.2, 0.25) is 0 Å². The van der Waals surface area contributed by atoms with E-state index in [0.29, 0.717) is 17.4 Å². The van der Waals surface area contributed by atoms with Gasteiger partial charge in [0.05, 0.1) is 5.56 Å². The Bertz CT molecular complexity index is 662. The third kappa shape index (κ3) is 4.73. The summed E-state index contributed by atoms with van der Waals surface area (Å²) in [6.07, 6.45) is 0. The van der Waals surface area contributed by atoms with Gasteiger partial charge in [0, 0.05) is 16.2 Å². The number of hydrogen-bond acceptors (Lipinski definition) is 3. The standard InChI is InChI=1S/C17H17IN2O/c1-12(2)20-11-13-6-7-17(14(8-13)10-19)21-16-5-3-4-15(18)9-16/h3-9,12,20H,11H2,1-2H3. The van der Waals surface area contributed by atoms with Gasteiger partial charge in [-0.15, -0.1) is 0 Å². The molecule has 0 heterocycles. The second-order valence-corrected chi connectivity index (χ2v) is 6.28. The summed E-state index contributed by atoms with van der Waals surface area (Å²) in [6.45, 7) is 4.94. The molecule has 0 aliphatic carbocycles. The zero-order valence-electron chi connectivity index (χ0n) is 12.1. The molecule has 0 radical (unpaired) electrons. The van der Waals surface area contributed by atoms with E-state index in [2.05, 4.69) is 47.8 Å². The van der Waals surface area contributed by atoms with Gasteiger partial charge in [0.25, 0.3) is 0 Å². The van der Waals surface area contributed by atoms with Gasteiger partial charge in [-0.1, -0.05) is 26.0 Å². The fourth-order valence-corrected chi connectivity index (χ4v) is 2.36. The summed E-state index contributed by atoms with van der Waals surface area (Å²) >= 11 is 2.24. The van der Waals surface area contributed by atoms with E-state index in [4.69, 9.17) is 4.74 Å². The zero-order valence-corrected chi connectivity index (χ0v) is 14.2. The molecule has 21 heavy (non-hydrogen) atoms. The second kappa shape index (κ2) is 7.43. The first-order valence-corrected chi connectivity index (χ1v) is 7.86. The van der Waals surface area contributed by atoms with E-state index in [9.17, 15) is 5.26 Å². The van der Waals surface area contributed by atoms with Gasteiger partial charge in [0.15, 0.2) is 0 Å². The summed E-state index contributed by atoms with van der Waals surface area (Å²) in [5, 5.41) is 12.6. The molecule has 0 aromatic heterocycles. The van der Waals surface area contributed by atoms with Crippen molar-refractivity contribution in [2.75, 3.05) is 0 Å². The fourth-order valence-electron chi connectivity index (χ4n) is 1.84. The highest BCUT2D eigenvalue weighted by Gasteiger charge is 2.07. The largest absolute Gasteiger partial charge is 0.456 e. The Hall–Kier alpha value is -1.58. The lowest BCUT2D eigenvalue weighted by Crippen LogP contribution is -2.21. The number of halogens is 1. The molecule has 0 aliphatic rings. The maximum absolute atomic E-state index is 9.30. The van der Waals surface area contributed by atoms with Crippen LogP contribution in [0.3, 0.4) is 0 Å². The molecule has 3 nitrogen and oxygen atoms in total. The molecule has 0 atom stereocenters. The molecular weight excluding hydrogens is 375 g/mol. The van der Waals surface area contributed by atoms with Crippen molar-refractivity contribution >= 4 is 22.6 Å². The van der Waals surface area contributed by atoms with Gasteiger partial charge < -0.3 is 10.1 Å². The fraction of sp³-hybridized carbons (Fsp3) is 0.235. The first kappa shape index (κ1) is 15.8.